The summed E-state index contributed by atoms with van der Waals surface area (Å²) in [6, 6.07) is 19.5. The summed E-state index contributed by atoms with van der Waals surface area (Å²) in [5, 5.41) is 11.5. The topological polar surface area (TPSA) is 79.3 Å². The molecule has 1 unspecified atom stereocenters. The van der Waals surface area contributed by atoms with Gasteiger partial charge in [0.05, 0.1) is 11.6 Å². The van der Waals surface area contributed by atoms with Gasteiger partial charge in [0.2, 0.25) is 0 Å². The van der Waals surface area contributed by atoms with Crippen molar-refractivity contribution in [3.05, 3.63) is 89.0 Å². The lowest BCUT2D eigenvalue weighted by Crippen LogP contribution is -2.29. The third kappa shape index (κ3) is 4.42. The molecule has 2 aliphatic rings. The van der Waals surface area contributed by atoms with E-state index in [1.165, 1.54) is 4.90 Å². The number of hydrogen-bond donors (Lipinski definition) is 1. The van der Waals surface area contributed by atoms with Crippen LogP contribution in [0, 0.1) is 6.92 Å². The molecule has 190 valence electrons. The Morgan fingerprint density at radius 1 is 0.946 bits per heavy atom. The van der Waals surface area contributed by atoms with E-state index in [1.807, 2.05) is 49.4 Å². The highest BCUT2D eigenvalue weighted by molar-refractivity contribution is 6.51. The predicted molar refractivity (Wildman–Crippen MR) is 143 cm³/mol. The monoisotopic (exact) mass is 498 g/mol. The molecule has 7 nitrogen and oxygen atoms in total. The third-order valence-corrected chi connectivity index (χ3v) is 6.88. The second-order valence-electron chi connectivity index (χ2n) is 9.13. The number of amides is 1. The highest BCUT2D eigenvalue weighted by Crippen LogP contribution is 2.43. The first-order valence-corrected chi connectivity index (χ1v) is 12.6. The number of benzene rings is 3. The number of aliphatic hydroxyl groups excluding tert-OH is 1. The minimum absolute atomic E-state index is 0.0405. The van der Waals surface area contributed by atoms with Crippen LogP contribution < -0.4 is 19.3 Å². The molecule has 0 radical (unpaired) electrons. The van der Waals surface area contributed by atoms with Crippen LogP contribution in [0.5, 0.6) is 11.5 Å². The standard InChI is InChI=1S/C30H30N2O5/c1-4-31(5-2)22-12-9-20(10-13-22)27-26(28(33)21-11-14-24-25(18-21)37-16-15-36-24)29(34)30(35)32(27)23-8-6-7-19(3)17-23/h6-14,17-18,27,33H,4-5,15-16H2,1-3H3/b28-26-. The Bertz CT molecular complexity index is 1370. The van der Waals surface area contributed by atoms with E-state index in [0.717, 1.165) is 29.9 Å². The Morgan fingerprint density at radius 2 is 1.65 bits per heavy atom. The third-order valence-electron chi connectivity index (χ3n) is 6.88. The van der Waals surface area contributed by atoms with Crippen molar-refractivity contribution in [3.63, 3.8) is 0 Å². The van der Waals surface area contributed by atoms with Crippen molar-refractivity contribution in [2.24, 2.45) is 0 Å². The average Bonchev–Trinajstić information content (AvgIpc) is 3.19. The van der Waals surface area contributed by atoms with Gasteiger partial charge in [-0.3, -0.25) is 14.5 Å². The number of anilines is 2. The van der Waals surface area contributed by atoms with E-state index in [1.54, 1.807) is 24.3 Å². The van der Waals surface area contributed by atoms with Crippen molar-refractivity contribution in [1.29, 1.82) is 0 Å². The Morgan fingerprint density at radius 3 is 2.32 bits per heavy atom. The highest BCUT2D eigenvalue weighted by Gasteiger charge is 2.47. The Labute approximate surface area is 216 Å². The lowest BCUT2D eigenvalue weighted by atomic mass is 9.94. The van der Waals surface area contributed by atoms with Gasteiger partial charge in [-0.2, -0.15) is 0 Å². The maximum absolute atomic E-state index is 13.5. The molecule has 1 atom stereocenters. The number of rotatable bonds is 6. The van der Waals surface area contributed by atoms with Gasteiger partial charge in [-0.15, -0.1) is 0 Å². The molecule has 0 spiro atoms. The second-order valence-corrected chi connectivity index (χ2v) is 9.13. The zero-order valence-corrected chi connectivity index (χ0v) is 21.2. The number of fused-ring (bicyclic) bond motifs is 1. The van der Waals surface area contributed by atoms with Gasteiger partial charge in [0.15, 0.2) is 11.5 Å². The molecule has 3 aromatic carbocycles. The SMILES string of the molecule is CCN(CC)c1ccc(C2/C(=C(/O)c3ccc4c(c3)OCCO4)C(=O)C(=O)N2c2cccc(C)c2)cc1. The number of carbonyl (C=O) groups is 2. The van der Waals surface area contributed by atoms with Crippen molar-refractivity contribution in [3.8, 4) is 11.5 Å². The predicted octanol–water partition coefficient (Wildman–Crippen LogP) is 5.24. The molecule has 0 saturated carbocycles. The summed E-state index contributed by atoms with van der Waals surface area (Å²) in [5.74, 6) is -0.590. The van der Waals surface area contributed by atoms with Gasteiger partial charge in [-0.05, 0) is 74.4 Å². The maximum atomic E-state index is 13.5. The van der Waals surface area contributed by atoms with Crippen LogP contribution in [0.3, 0.4) is 0 Å². The van der Waals surface area contributed by atoms with Gasteiger partial charge in [0.1, 0.15) is 19.0 Å². The van der Waals surface area contributed by atoms with Gasteiger partial charge in [-0.25, -0.2) is 0 Å². The summed E-state index contributed by atoms with van der Waals surface area (Å²) < 4.78 is 11.3. The van der Waals surface area contributed by atoms with Crippen LogP contribution in [0.2, 0.25) is 0 Å². The number of Topliss-reactive ketones (excluding diaryl/α,β-unsaturated/α-hetero) is 1. The fourth-order valence-corrected chi connectivity index (χ4v) is 4.99. The van der Waals surface area contributed by atoms with E-state index >= 15 is 0 Å². The molecule has 1 fully saturated rings. The molecule has 1 N–H and O–H groups in total. The molecule has 2 aliphatic heterocycles. The van der Waals surface area contributed by atoms with Crippen molar-refractivity contribution in [2.75, 3.05) is 36.1 Å². The Balaban J connectivity index is 1.66. The molecular formula is C30H30N2O5. The summed E-state index contributed by atoms with van der Waals surface area (Å²) in [7, 11) is 0. The molecule has 0 aromatic heterocycles. The zero-order valence-electron chi connectivity index (χ0n) is 21.2. The molecule has 0 bridgehead atoms. The largest absolute Gasteiger partial charge is 0.507 e. The van der Waals surface area contributed by atoms with Gasteiger partial charge in [0.25, 0.3) is 11.7 Å². The lowest BCUT2D eigenvalue weighted by molar-refractivity contribution is -0.132. The van der Waals surface area contributed by atoms with Crippen LogP contribution in [0.15, 0.2) is 72.3 Å². The molecule has 0 aliphatic carbocycles. The van der Waals surface area contributed by atoms with Crippen LogP contribution in [-0.2, 0) is 9.59 Å². The fraction of sp³-hybridized carbons (Fsp3) is 0.267. The molecule has 1 amide bonds. The highest BCUT2D eigenvalue weighted by atomic mass is 16.6. The first kappa shape index (κ1) is 24.4. The number of aliphatic hydroxyl groups is 1. The van der Waals surface area contributed by atoms with Crippen LogP contribution in [0.25, 0.3) is 5.76 Å². The van der Waals surface area contributed by atoms with Crippen LogP contribution in [0.4, 0.5) is 11.4 Å². The van der Waals surface area contributed by atoms with Crippen molar-refractivity contribution < 1.29 is 24.2 Å². The Kier molecular flexibility index (Phi) is 6.61. The summed E-state index contributed by atoms with van der Waals surface area (Å²) >= 11 is 0. The molecule has 5 rings (SSSR count). The van der Waals surface area contributed by atoms with Crippen molar-refractivity contribution in [1.82, 2.24) is 0 Å². The molecular weight excluding hydrogens is 468 g/mol. The first-order valence-electron chi connectivity index (χ1n) is 12.6. The van der Waals surface area contributed by atoms with E-state index in [2.05, 4.69) is 18.7 Å². The number of nitrogens with zero attached hydrogens (tertiary/aromatic N) is 2. The van der Waals surface area contributed by atoms with Crippen molar-refractivity contribution >= 4 is 28.8 Å². The number of hydrogen-bond acceptors (Lipinski definition) is 6. The van der Waals surface area contributed by atoms with E-state index in [0.29, 0.717) is 36.0 Å². The first-order chi connectivity index (χ1) is 17.9. The van der Waals surface area contributed by atoms with Crippen LogP contribution >= 0.6 is 0 Å². The number of aryl methyl sites for hydroxylation is 1. The summed E-state index contributed by atoms with van der Waals surface area (Å²) in [5.41, 5.74) is 3.77. The zero-order chi connectivity index (χ0) is 26.1. The molecule has 1 saturated heterocycles. The Hall–Kier alpha value is -4.26. The summed E-state index contributed by atoms with van der Waals surface area (Å²) in [6.07, 6.45) is 0. The van der Waals surface area contributed by atoms with Gasteiger partial charge >= 0.3 is 0 Å². The molecule has 2 heterocycles. The summed E-state index contributed by atoms with van der Waals surface area (Å²) in [6.45, 7) is 8.69. The second kappa shape index (κ2) is 10.0. The molecule has 37 heavy (non-hydrogen) atoms. The number of ether oxygens (including phenoxy) is 2. The van der Waals surface area contributed by atoms with Gasteiger partial charge in [0, 0.05) is 30.0 Å². The van der Waals surface area contributed by atoms with Gasteiger partial charge in [-0.1, -0.05) is 24.3 Å². The fourth-order valence-electron chi connectivity index (χ4n) is 4.99. The summed E-state index contributed by atoms with van der Waals surface area (Å²) in [4.78, 5) is 30.6. The molecule has 3 aromatic rings. The smallest absolute Gasteiger partial charge is 0.300 e. The van der Waals surface area contributed by atoms with E-state index < -0.39 is 17.7 Å². The minimum atomic E-state index is -0.791. The average molecular weight is 499 g/mol. The van der Waals surface area contributed by atoms with Crippen molar-refractivity contribution in [2.45, 2.75) is 26.8 Å². The number of carbonyl (C=O) groups excluding carboxylic acids is 2. The van der Waals surface area contributed by atoms with E-state index in [4.69, 9.17) is 9.47 Å². The quantitative estimate of drug-likeness (QED) is 0.285. The normalized spacial score (nSPS) is 18.2. The van der Waals surface area contributed by atoms with Crippen LogP contribution in [-0.4, -0.2) is 43.1 Å². The lowest BCUT2D eigenvalue weighted by Gasteiger charge is -2.27. The van der Waals surface area contributed by atoms with Gasteiger partial charge < -0.3 is 19.5 Å². The van der Waals surface area contributed by atoms with E-state index in [-0.39, 0.29) is 11.3 Å². The van der Waals surface area contributed by atoms with Crippen LogP contribution in [0.1, 0.15) is 36.6 Å². The number of ketones is 1. The minimum Gasteiger partial charge on any atom is -0.507 e. The van der Waals surface area contributed by atoms with E-state index in [9.17, 15) is 14.7 Å². The molecule has 7 heteroatoms. The maximum Gasteiger partial charge on any atom is 0.300 e.